The van der Waals surface area contributed by atoms with Crippen LogP contribution in [-0.2, 0) is 0 Å². The Morgan fingerprint density at radius 1 is 1.12 bits per heavy atom. The zero-order valence-electron chi connectivity index (χ0n) is 10.2. The van der Waals surface area contributed by atoms with Crippen LogP contribution in [0.3, 0.4) is 0 Å². The Morgan fingerprint density at radius 2 is 1.76 bits per heavy atom. The molecule has 86 valence electrons. The Labute approximate surface area is 102 Å². The number of Topliss-reactive ketones (excluding diaryl/α,β-unsaturated/α-hetero) is 1. The van der Waals surface area contributed by atoms with Crippen LogP contribution in [0.2, 0.25) is 0 Å². The van der Waals surface area contributed by atoms with Crippen molar-refractivity contribution in [3.05, 3.63) is 60.2 Å². The lowest BCUT2D eigenvalue weighted by Crippen LogP contribution is -2.12. The molecule has 2 aromatic rings. The van der Waals surface area contributed by atoms with E-state index in [4.69, 9.17) is 0 Å². The Bertz CT molecular complexity index is 576. The van der Waals surface area contributed by atoms with Gasteiger partial charge in [0.05, 0.1) is 0 Å². The summed E-state index contributed by atoms with van der Waals surface area (Å²) in [5.74, 6) is 0.0232. The first kappa shape index (κ1) is 11.6. The van der Waals surface area contributed by atoms with Crippen molar-refractivity contribution in [1.29, 1.82) is 0 Å². The summed E-state index contributed by atoms with van der Waals surface area (Å²) in [6.07, 6.45) is 0. The van der Waals surface area contributed by atoms with Gasteiger partial charge in [-0.2, -0.15) is 0 Å². The number of carbonyl (C=O) groups is 1. The van der Waals surface area contributed by atoms with E-state index in [1.54, 1.807) is 0 Å². The maximum atomic E-state index is 12.3. The fourth-order valence-corrected chi connectivity index (χ4v) is 1.90. The number of carbonyl (C=O) groups excluding carboxylic acids is 1. The van der Waals surface area contributed by atoms with Gasteiger partial charge in [-0.05, 0) is 17.7 Å². The third-order valence-corrected chi connectivity index (χ3v) is 3.19. The normalized spacial score (nSPS) is 12.4. The predicted molar refractivity (Wildman–Crippen MR) is 72.3 cm³/mol. The zero-order chi connectivity index (χ0) is 12.4. The summed E-state index contributed by atoms with van der Waals surface area (Å²) in [4.78, 5) is 12.3. The fraction of sp³-hybridized carbons (Fsp3) is 0.188. The molecule has 0 saturated heterocycles. The summed E-state index contributed by atoms with van der Waals surface area (Å²) >= 11 is 0. The van der Waals surface area contributed by atoms with E-state index < -0.39 is 0 Å². The number of rotatable bonds is 3. The third kappa shape index (κ3) is 2.14. The maximum Gasteiger partial charge on any atom is 0.170 e. The van der Waals surface area contributed by atoms with Crippen molar-refractivity contribution in [3.63, 3.8) is 0 Å². The molecule has 17 heavy (non-hydrogen) atoms. The van der Waals surface area contributed by atoms with Crippen LogP contribution in [0, 0.1) is 5.92 Å². The molecule has 0 bridgehead atoms. The second-order valence-corrected chi connectivity index (χ2v) is 4.46. The van der Waals surface area contributed by atoms with Crippen molar-refractivity contribution < 1.29 is 4.79 Å². The second-order valence-electron chi connectivity index (χ2n) is 4.46. The smallest absolute Gasteiger partial charge is 0.170 e. The summed E-state index contributed by atoms with van der Waals surface area (Å²) < 4.78 is 0. The first-order valence-corrected chi connectivity index (χ1v) is 5.78. The number of ketones is 1. The quantitative estimate of drug-likeness (QED) is 0.563. The molecule has 1 atom stereocenters. The molecule has 0 fully saturated rings. The number of allylic oxidation sites excluding steroid dienone is 1. The van der Waals surface area contributed by atoms with Crippen LogP contribution < -0.4 is 0 Å². The topological polar surface area (TPSA) is 17.1 Å². The standard InChI is InChI=1S/C16H16O/c1-11(2)12(3)16(17)15-10-6-8-13-7-4-5-9-14(13)15/h4-10,12H,1H2,2-3H3. The number of hydrogen-bond acceptors (Lipinski definition) is 1. The van der Waals surface area contributed by atoms with Gasteiger partial charge in [0.25, 0.3) is 0 Å². The Kier molecular flexibility index (Phi) is 3.10. The highest BCUT2D eigenvalue weighted by Crippen LogP contribution is 2.23. The predicted octanol–water partition coefficient (Wildman–Crippen LogP) is 4.23. The van der Waals surface area contributed by atoms with Gasteiger partial charge in [-0.15, -0.1) is 0 Å². The Balaban J connectivity index is 2.56. The molecule has 2 rings (SSSR count). The van der Waals surface area contributed by atoms with E-state index in [1.165, 1.54) is 0 Å². The highest BCUT2D eigenvalue weighted by atomic mass is 16.1. The van der Waals surface area contributed by atoms with Crippen LogP contribution in [0.4, 0.5) is 0 Å². The third-order valence-electron chi connectivity index (χ3n) is 3.19. The minimum absolute atomic E-state index is 0.124. The summed E-state index contributed by atoms with van der Waals surface area (Å²) in [6.45, 7) is 7.67. The van der Waals surface area contributed by atoms with Crippen molar-refractivity contribution in [2.24, 2.45) is 5.92 Å². The number of fused-ring (bicyclic) bond motifs is 1. The van der Waals surface area contributed by atoms with E-state index in [1.807, 2.05) is 56.3 Å². The number of benzene rings is 2. The van der Waals surface area contributed by atoms with Gasteiger partial charge >= 0.3 is 0 Å². The van der Waals surface area contributed by atoms with E-state index in [0.29, 0.717) is 0 Å². The van der Waals surface area contributed by atoms with Crippen LogP contribution in [0.25, 0.3) is 10.8 Å². The lowest BCUT2D eigenvalue weighted by Gasteiger charge is -2.12. The van der Waals surface area contributed by atoms with E-state index >= 15 is 0 Å². The molecule has 0 N–H and O–H groups in total. The summed E-state index contributed by atoms with van der Waals surface area (Å²) in [5, 5.41) is 2.13. The molecule has 0 saturated carbocycles. The maximum absolute atomic E-state index is 12.3. The van der Waals surface area contributed by atoms with Crippen LogP contribution in [0.5, 0.6) is 0 Å². The van der Waals surface area contributed by atoms with E-state index in [2.05, 4.69) is 6.58 Å². The lowest BCUT2D eigenvalue weighted by molar-refractivity contribution is 0.0950. The molecule has 0 aliphatic heterocycles. The molecule has 0 heterocycles. The molecule has 0 aliphatic rings. The summed E-state index contributed by atoms with van der Waals surface area (Å²) in [5.41, 5.74) is 1.70. The van der Waals surface area contributed by atoms with E-state index in [0.717, 1.165) is 21.9 Å². The molecule has 0 radical (unpaired) electrons. The zero-order valence-corrected chi connectivity index (χ0v) is 10.2. The van der Waals surface area contributed by atoms with Crippen molar-refractivity contribution in [1.82, 2.24) is 0 Å². The molecule has 0 spiro atoms. The average molecular weight is 224 g/mol. The minimum Gasteiger partial charge on any atom is -0.293 e. The van der Waals surface area contributed by atoms with Gasteiger partial charge in [0.2, 0.25) is 0 Å². The molecule has 0 aromatic heterocycles. The Hall–Kier alpha value is -1.89. The summed E-state index contributed by atoms with van der Waals surface area (Å²) in [6, 6.07) is 13.8. The monoisotopic (exact) mass is 224 g/mol. The van der Waals surface area contributed by atoms with Crippen molar-refractivity contribution >= 4 is 16.6 Å². The molecule has 1 heteroatoms. The van der Waals surface area contributed by atoms with Gasteiger partial charge in [-0.3, -0.25) is 4.79 Å². The lowest BCUT2D eigenvalue weighted by atomic mass is 9.91. The van der Waals surface area contributed by atoms with Crippen molar-refractivity contribution in [2.45, 2.75) is 13.8 Å². The van der Waals surface area contributed by atoms with Gasteiger partial charge in [0.1, 0.15) is 0 Å². The molecule has 0 aliphatic carbocycles. The second kappa shape index (κ2) is 4.54. The van der Waals surface area contributed by atoms with Crippen LogP contribution in [0.15, 0.2) is 54.6 Å². The van der Waals surface area contributed by atoms with Crippen LogP contribution >= 0.6 is 0 Å². The highest BCUT2D eigenvalue weighted by molar-refractivity contribution is 6.09. The van der Waals surface area contributed by atoms with Gasteiger partial charge in [-0.1, -0.05) is 61.5 Å². The summed E-state index contributed by atoms with van der Waals surface area (Å²) in [7, 11) is 0. The SMILES string of the molecule is C=C(C)C(C)C(=O)c1cccc2ccccc12. The molecule has 2 aromatic carbocycles. The van der Waals surface area contributed by atoms with Crippen molar-refractivity contribution in [3.8, 4) is 0 Å². The Morgan fingerprint density at radius 3 is 2.47 bits per heavy atom. The molecule has 0 amide bonds. The average Bonchev–Trinajstić information content (AvgIpc) is 2.36. The van der Waals surface area contributed by atoms with Gasteiger partial charge in [0.15, 0.2) is 5.78 Å². The minimum atomic E-state index is -0.124. The van der Waals surface area contributed by atoms with Gasteiger partial charge in [-0.25, -0.2) is 0 Å². The van der Waals surface area contributed by atoms with E-state index in [9.17, 15) is 4.79 Å². The van der Waals surface area contributed by atoms with Crippen LogP contribution in [-0.4, -0.2) is 5.78 Å². The first-order valence-electron chi connectivity index (χ1n) is 5.78. The highest BCUT2D eigenvalue weighted by Gasteiger charge is 2.17. The van der Waals surface area contributed by atoms with Crippen molar-refractivity contribution in [2.75, 3.05) is 0 Å². The van der Waals surface area contributed by atoms with Gasteiger partial charge < -0.3 is 0 Å². The van der Waals surface area contributed by atoms with Crippen LogP contribution in [0.1, 0.15) is 24.2 Å². The largest absolute Gasteiger partial charge is 0.293 e. The molecule has 1 unspecified atom stereocenters. The van der Waals surface area contributed by atoms with E-state index in [-0.39, 0.29) is 11.7 Å². The number of hydrogen-bond donors (Lipinski definition) is 0. The molecular formula is C16H16O. The van der Waals surface area contributed by atoms with Gasteiger partial charge in [0, 0.05) is 11.5 Å². The molecule has 1 nitrogen and oxygen atoms in total. The first-order chi connectivity index (χ1) is 8.11. The fourth-order valence-electron chi connectivity index (χ4n) is 1.90. The molecular weight excluding hydrogens is 208 g/mol.